The number of hydrogen-bond donors (Lipinski definition) is 0. The number of methoxy groups -OCH3 is 1. The van der Waals surface area contributed by atoms with Gasteiger partial charge in [-0.05, 0) is 43.7 Å². The first-order chi connectivity index (χ1) is 15.0. The average molecular weight is 424 g/mol. The molecule has 1 saturated carbocycles. The van der Waals surface area contributed by atoms with E-state index in [0.717, 1.165) is 48.8 Å². The largest absolute Gasteiger partial charge is 0.379 e. The Balaban J connectivity index is 1.34. The molecule has 1 aliphatic carbocycles. The van der Waals surface area contributed by atoms with Crippen LogP contribution in [-0.2, 0) is 4.74 Å². The zero-order valence-corrected chi connectivity index (χ0v) is 18.5. The Morgan fingerprint density at radius 2 is 1.90 bits per heavy atom. The van der Waals surface area contributed by atoms with Crippen molar-refractivity contribution in [1.82, 2.24) is 30.1 Å². The molecule has 164 valence electrons. The van der Waals surface area contributed by atoms with Crippen molar-refractivity contribution >= 4 is 6.01 Å². The summed E-state index contributed by atoms with van der Waals surface area (Å²) in [4.78, 5) is 11.4. The second-order valence-electron chi connectivity index (χ2n) is 9.08. The number of anilines is 1. The molecule has 9 nitrogen and oxygen atoms in total. The SMILES string of the molecule is CO[C@@H]1C[C@H]2CN(c3nc(C(C)C)no3)C[C@H]2C[C@H]1n1cc(-c2cccc(C)n2)nn1. The van der Waals surface area contributed by atoms with Crippen LogP contribution >= 0.6 is 0 Å². The molecule has 4 atom stereocenters. The third kappa shape index (κ3) is 3.82. The maximum Gasteiger partial charge on any atom is 0.324 e. The molecule has 5 rings (SSSR count). The lowest BCUT2D eigenvalue weighted by atomic mass is 9.77. The van der Waals surface area contributed by atoms with Gasteiger partial charge in [0.05, 0.1) is 24.0 Å². The topological polar surface area (TPSA) is 95.0 Å². The molecule has 2 aliphatic rings. The van der Waals surface area contributed by atoms with Crippen LogP contribution < -0.4 is 4.90 Å². The number of aromatic nitrogens is 6. The summed E-state index contributed by atoms with van der Waals surface area (Å²) >= 11 is 0. The fourth-order valence-electron chi connectivity index (χ4n) is 4.91. The van der Waals surface area contributed by atoms with Crippen molar-refractivity contribution in [2.45, 2.75) is 51.7 Å². The Morgan fingerprint density at radius 3 is 2.61 bits per heavy atom. The lowest BCUT2D eigenvalue weighted by molar-refractivity contribution is -0.00541. The monoisotopic (exact) mass is 423 g/mol. The minimum absolute atomic E-state index is 0.0927. The molecular weight excluding hydrogens is 394 g/mol. The first-order valence-electron chi connectivity index (χ1n) is 11.0. The van der Waals surface area contributed by atoms with E-state index in [1.165, 1.54) is 0 Å². The van der Waals surface area contributed by atoms with Crippen LogP contribution in [0.3, 0.4) is 0 Å². The van der Waals surface area contributed by atoms with Crippen LogP contribution in [0, 0.1) is 18.8 Å². The summed E-state index contributed by atoms with van der Waals surface area (Å²) in [7, 11) is 1.79. The van der Waals surface area contributed by atoms with E-state index in [4.69, 9.17) is 9.26 Å². The van der Waals surface area contributed by atoms with Crippen molar-refractivity contribution in [3.63, 3.8) is 0 Å². The number of nitrogens with zero attached hydrogens (tertiary/aromatic N) is 7. The highest BCUT2D eigenvalue weighted by Gasteiger charge is 2.44. The first-order valence-corrected chi connectivity index (χ1v) is 11.0. The third-order valence-corrected chi connectivity index (χ3v) is 6.61. The van der Waals surface area contributed by atoms with Gasteiger partial charge in [0.2, 0.25) is 0 Å². The average Bonchev–Trinajstić information content (AvgIpc) is 3.51. The van der Waals surface area contributed by atoms with Crippen LogP contribution in [0.15, 0.2) is 28.9 Å². The van der Waals surface area contributed by atoms with Crippen LogP contribution in [-0.4, -0.2) is 56.4 Å². The normalized spacial score (nSPS) is 25.9. The molecule has 0 N–H and O–H groups in total. The lowest BCUT2D eigenvalue weighted by Crippen LogP contribution is -2.37. The number of hydrogen-bond acceptors (Lipinski definition) is 8. The molecule has 0 bridgehead atoms. The van der Waals surface area contributed by atoms with Gasteiger partial charge in [0.25, 0.3) is 0 Å². The van der Waals surface area contributed by atoms with Gasteiger partial charge in [0, 0.05) is 31.8 Å². The molecule has 1 saturated heterocycles. The zero-order chi connectivity index (χ0) is 21.5. The van der Waals surface area contributed by atoms with Crippen LogP contribution in [0.25, 0.3) is 11.4 Å². The molecule has 0 spiro atoms. The van der Waals surface area contributed by atoms with Crippen molar-refractivity contribution < 1.29 is 9.26 Å². The van der Waals surface area contributed by atoms with Crippen molar-refractivity contribution in [3.8, 4) is 11.4 Å². The number of aryl methyl sites for hydroxylation is 1. The molecule has 0 radical (unpaired) electrons. The predicted octanol–water partition coefficient (Wildman–Crippen LogP) is 3.26. The molecule has 3 aromatic rings. The second kappa shape index (κ2) is 8.03. The second-order valence-corrected chi connectivity index (χ2v) is 9.08. The molecule has 0 aromatic carbocycles. The Bertz CT molecular complexity index is 1050. The van der Waals surface area contributed by atoms with Crippen molar-refractivity contribution in [2.75, 3.05) is 25.1 Å². The molecule has 9 heteroatoms. The number of rotatable bonds is 5. The van der Waals surface area contributed by atoms with Gasteiger partial charge in [-0.2, -0.15) is 4.98 Å². The molecular formula is C22H29N7O2. The molecule has 31 heavy (non-hydrogen) atoms. The predicted molar refractivity (Wildman–Crippen MR) is 115 cm³/mol. The van der Waals surface area contributed by atoms with E-state index in [1.54, 1.807) is 7.11 Å². The van der Waals surface area contributed by atoms with Gasteiger partial charge < -0.3 is 14.2 Å². The van der Waals surface area contributed by atoms with Gasteiger partial charge >= 0.3 is 6.01 Å². The maximum absolute atomic E-state index is 5.90. The van der Waals surface area contributed by atoms with E-state index >= 15 is 0 Å². The zero-order valence-electron chi connectivity index (χ0n) is 18.5. The molecule has 1 aliphatic heterocycles. The lowest BCUT2D eigenvalue weighted by Gasteiger charge is -2.36. The van der Waals surface area contributed by atoms with Crippen LogP contribution in [0.1, 0.15) is 50.2 Å². The Labute approximate surface area is 181 Å². The van der Waals surface area contributed by atoms with E-state index in [1.807, 2.05) is 36.0 Å². The Morgan fingerprint density at radius 1 is 1.10 bits per heavy atom. The Hall–Kier alpha value is -2.81. The summed E-state index contributed by atoms with van der Waals surface area (Å²) in [5.74, 6) is 2.08. The van der Waals surface area contributed by atoms with E-state index in [-0.39, 0.29) is 18.1 Å². The van der Waals surface area contributed by atoms with Gasteiger partial charge in [-0.25, -0.2) is 4.68 Å². The minimum atomic E-state index is 0.0927. The van der Waals surface area contributed by atoms with Gasteiger partial charge in [0.15, 0.2) is 5.82 Å². The van der Waals surface area contributed by atoms with Crippen LogP contribution in [0.2, 0.25) is 0 Å². The van der Waals surface area contributed by atoms with Gasteiger partial charge in [0.1, 0.15) is 5.69 Å². The summed E-state index contributed by atoms with van der Waals surface area (Å²) in [6, 6.07) is 6.73. The fraction of sp³-hybridized carbons (Fsp3) is 0.591. The quantitative estimate of drug-likeness (QED) is 0.617. The standard InChI is InChI=1S/C22H29N7O2/c1-13(2)21-24-22(31-26-21)28-10-15-8-19(20(30-4)9-16(15)11-28)29-12-18(25-27-29)17-7-5-6-14(3)23-17/h5-7,12-13,15-16,19-20H,8-11H2,1-4H3/t15-,16+,19-,20-/m1/s1. The highest BCUT2D eigenvalue weighted by molar-refractivity contribution is 5.52. The van der Waals surface area contributed by atoms with Gasteiger partial charge in [-0.15, -0.1) is 5.10 Å². The molecule has 2 fully saturated rings. The maximum atomic E-state index is 5.90. The third-order valence-electron chi connectivity index (χ3n) is 6.61. The summed E-state index contributed by atoms with van der Waals surface area (Å²) in [5.41, 5.74) is 2.61. The van der Waals surface area contributed by atoms with E-state index < -0.39 is 0 Å². The summed E-state index contributed by atoms with van der Waals surface area (Å²) in [6.07, 6.45) is 4.05. The minimum Gasteiger partial charge on any atom is -0.379 e. The first kappa shape index (κ1) is 20.1. The highest BCUT2D eigenvalue weighted by atomic mass is 16.5. The molecule has 0 unspecified atom stereocenters. The van der Waals surface area contributed by atoms with Crippen LogP contribution in [0.5, 0.6) is 0 Å². The molecule has 0 amide bonds. The van der Waals surface area contributed by atoms with Gasteiger partial charge in [-0.3, -0.25) is 4.98 Å². The van der Waals surface area contributed by atoms with Crippen molar-refractivity contribution in [1.29, 1.82) is 0 Å². The number of pyridine rings is 1. The fourth-order valence-corrected chi connectivity index (χ4v) is 4.91. The summed E-state index contributed by atoms with van der Waals surface area (Å²) in [5, 5.41) is 13.0. The number of ether oxygens (including phenoxy) is 1. The van der Waals surface area contributed by atoms with Gasteiger partial charge in [-0.1, -0.05) is 30.3 Å². The summed E-state index contributed by atoms with van der Waals surface area (Å²) < 4.78 is 13.4. The molecule has 3 aromatic heterocycles. The van der Waals surface area contributed by atoms with Crippen molar-refractivity contribution in [3.05, 3.63) is 35.9 Å². The van der Waals surface area contributed by atoms with Crippen LogP contribution in [0.4, 0.5) is 6.01 Å². The van der Waals surface area contributed by atoms with E-state index in [9.17, 15) is 0 Å². The van der Waals surface area contributed by atoms with Crippen molar-refractivity contribution in [2.24, 2.45) is 11.8 Å². The molecule has 4 heterocycles. The highest BCUT2D eigenvalue weighted by Crippen LogP contribution is 2.43. The number of fused-ring (bicyclic) bond motifs is 1. The Kier molecular flexibility index (Phi) is 5.21. The smallest absolute Gasteiger partial charge is 0.324 e. The van der Waals surface area contributed by atoms with E-state index in [0.29, 0.717) is 17.9 Å². The summed E-state index contributed by atoms with van der Waals surface area (Å²) in [6.45, 7) is 7.97. The van der Waals surface area contributed by atoms with E-state index in [2.05, 4.69) is 44.2 Å².